The number of aliphatic hydroxyl groups is 1. The molecule has 1 N–H and O–H groups in total. The lowest BCUT2D eigenvalue weighted by atomic mass is 9.96. The molecule has 0 aliphatic carbocycles. The molecular formula is C19H30N4O2. The number of hydrogen-bond acceptors (Lipinski definition) is 5. The van der Waals surface area contributed by atoms with Crippen LogP contribution in [0.2, 0.25) is 0 Å². The van der Waals surface area contributed by atoms with Gasteiger partial charge in [-0.25, -0.2) is 4.98 Å². The SMILES string of the molecule is Cc1cccc(C(=O)N2C[C@@H](CN3CCCN(C)CC3)[C@@H](CO)C2)n1. The van der Waals surface area contributed by atoms with Crippen molar-refractivity contribution in [1.82, 2.24) is 19.7 Å². The third-order valence-electron chi connectivity index (χ3n) is 5.51. The number of aromatic nitrogens is 1. The largest absolute Gasteiger partial charge is 0.396 e. The number of carbonyl (C=O) groups is 1. The molecule has 138 valence electrons. The summed E-state index contributed by atoms with van der Waals surface area (Å²) in [5.74, 6) is 0.483. The third-order valence-corrected chi connectivity index (χ3v) is 5.51. The van der Waals surface area contributed by atoms with Gasteiger partial charge in [-0.1, -0.05) is 6.07 Å². The molecule has 0 spiro atoms. The molecule has 2 saturated heterocycles. The van der Waals surface area contributed by atoms with Crippen molar-refractivity contribution in [3.05, 3.63) is 29.6 Å². The Balaban J connectivity index is 1.62. The topological polar surface area (TPSA) is 59.9 Å². The predicted octanol–water partition coefficient (Wildman–Crippen LogP) is 0.708. The summed E-state index contributed by atoms with van der Waals surface area (Å²) in [7, 11) is 2.17. The first-order valence-corrected chi connectivity index (χ1v) is 9.31. The molecule has 6 heteroatoms. The van der Waals surface area contributed by atoms with Crippen LogP contribution in [0.5, 0.6) is 0 Å². The summed E-state index contributed by atoms with van der Waals surface area (Å²) < 4.78 is 0. The highest BCUT2D eigenvalue weighted by Crippen LogP contribution is 2.25. The Morgan fingerprint density at radius 1 is 1.20 bits per heavy atom. The molecule has 1 aromatic rings. The summed E-state index contributed by atoms with van der Waals surface area (Å²) in [6, 6.07) is 5.55. The lowest BCUT2D eigenvalue weighted by Gasteiger charge is -2.26. The van der Waals surface area contributed by atoms with Crippen LogP contribution in [0.25, 0.3) is 0 Å². The molecule has 0 saturated carbocycles. The molecule has 2 atom stereocenters. The zero-order chi connectivity index (χ0) is 17.8. The lowest BCUT2D eigenvalue weighted by molar-refractivity contribution is 0.0773. The maximum Gasteiger partial charge on any atom is 0.272 e. The van der Waals surface area contributed by atoms with E-state index in [1.54, 1.807) is 6.07 Å². The van der Waals surface area contributed by atoms with E-state index in [1.165, 1.54) is 6.42 Å². The fourth-order valence-corrected chi connectivity index (χ4v) is 3.96. The van der Waals surface area contributed by atoms with Crippen LogP contribution in [0.4, 0.5) is 0 Å². The van der Waals surface area contributed by atoms with Gasteiger partial charge in [-0.2, -0.15) is 0 Å². The van der Waals surface area contributed by atoms with Gasteiger partial charge in [-0.15, -0.1) is 0 Å². The van der Waals surface area contributed by atoms with Gasteiger partial charge in [0.25, 0.3) is 5.91 Å². The summed E-state index contributed by atoms with van der Waals surface area (Å²) in [6.07, 6.45) is 1.18. The maximum absolute atomic E-state index is 12.8. The molecule has 3 heterocycles. The predicted molar refractivity (Wildman–Crippen MR) is 97.5 cm³/mol. The fourth-order valence-electron chi connectivity index (χ4n) is 3.96. The van der Waals surface area contributed by atoms with Crippen molar-refractivity contribution in [3.8, 4) is 0 Å². The van der Waals surface area contributed by atoms with Crippen molar-refractivity contribution in [1.29, 1.82) is 0 Å². The van der Waals surface area contributed by atoms with Crippen molar-refractivity contribution in [3.63, 3.8) is 0 Å². The van der Waals surface area contributed by atoms with Crippen LogP contribution in [0.3, 0.4) is 0 Å². The number of pyridine rings is 1. The smallest absolute Gasteiger partial charge is 0.272 e. The van der Waals surface area contributed by atoms with Gasteiger partial charge in [0.1, 0.15) is 5.69 Å². The standard InChI is InChI=1S/C19H30N4O2/c1-15-5-3-6-18(20-15)19(25)23-12-16(17(13-23)14-24)11-22-8-4-7-21(2)9-10-22/h3,5-6,16-17,24H,4,7-14H2,1-2H3/t16-,17-/m1/s1. The molecule has 6 nitrogen and oxygen atoms in total. The molecule has 1 aromatic heterocycles. The number of aryl methyl sites for hydroxylation is 1. The van der Waals surface area contributed by atoms with Crippen molar-refractivity contribution < 1.29 is 9.90 Å². The zero-order valence-electron chi connectivity index (χ0n) is 15.4. The normalized spacial score (nSPS) is 26.0. The third kappa shape index (κ3) is 4.57. The summed E-state index contributed by atoms with van der Waals surface area (Å²) >= 11 is 0. The Kier molecular flexibility index (Phi) is 6.04. The van der Waals surface area contributed by atoms with Gasteiger partial charge in [0.05, 0.1) is 0 Å². The first kappa shape index (κ1) is 18.3. The second kappa shape index (κ2) is 8.25. The van der Waals surface area contributed by atoms with E-state index in [1.807, 2.05) is 24.0 Å². The number of likely N-dealkylation sites (N-methyl/N-ethyl adjacent to an activating group) is 1. The molecule has 0 radical (unpaired) electrons. The monoisotopic (exact) mass is 346 g/mol. The Morgan fingerprint density at radius 3 is 2.76 bits per heavy atom. The van der Waals surface area contributed by atoms with Crippen molar-refractivity contribution in [2.24, 2.45) is 11.8 Å². The second-order valence-corrected chi connectivity index (χ2v) is 7.53. The minimum absolute atomic E-state index is 0.0137. The molecule has 2 aliphatic rings. The zero-order valence-corrected chi connectivity index (χ0v) is 15.4. The van der Waals surface area contributed by atoms with Crippen LogP contribution in [-0.2, 0) is 0 Å². The Labute approximate surface area is 150 Å². The van der Waals surface area contributed by atoms with Crippen molar-refractivity contribution in [2.75, 3.05) is 59.5 Å². The van der Waals surface area contributed by atoms with Gasteiger partial charge in [-0.05, 0) is 51.5 Å². The van der Waals surface area contributed by atoms with Crippen LogP contribution in [0.15, 0.2) is 18.2 Å². The van der Waals surface area contributed by atoms with E-state index in [-0.39, 0.29) is 18.4 Å². The van der Waals surface area contributed by atoms with E-state index < -0.39 is 0 Å². The summed E-state index contributed by atoms with van der Waals surface area (Å²) in [6.45, 7) is 8.75. The van der Waals surface area contributed by atoms with Gasteiger partial charge in [-0.3, -0.25) is 4.79 Å². The molecule has 1 amide bonds. The van der Waals surface area contributed by atoms with Gasteiger partial charge >= 0.3 is 0 Å². The molecule has 0 unspecified atom stereocenters. The van der Waals surface area contributed by atoms with E-state index in [0.29, 0.717) is 24.7 Å². The number of likely N-dealkylation sites (tertiary alicyclic amines) is 1. The molecule has 3 rings (SSSR count). The van der Waals surface area contributed by atoms with Crippen LogP contribution in [-0.4, -0.2) is 90.2 Å². The molecule has 0 aromatic carbocycles. The van der Waals surface area contributed by atoms with Gasteiger partial charge in [0.15, 0.2) is 0 Å². The highest BCUT2D eigenvalue weighted by molar-refractivity contribution is 5.92. The number of rotatable bonds is 4. The van der Waals surface area contributed by atoms with Crippen molar-refractivity contribution >= 4 is 5.91 Å². The lowest BCUT2D eigenvalue weighted by Crippen LogP contribution is -2.36. The fraction of sp³-hybridized carbons (Fsp3) is 0.684. The minimum atomic E-state index is -0.0137. The van der Waals surface area contributed by atoms with Gasteiger partial charge in [0, 0.05) is 50.9 Å². The maximum atomic E-state index is 12.8. The van der Waals surface area contributed by atoms with E-state index in [9.17, 15) is 9.90 Å². The number of nitrogens with zero attached hydrogens (tertiary/aromatic N) is 4. The van der Waals surface area contributed by atoms with Crippen molar-refractivity contribution in [2.45, 2.75) is 13.3 Å². The Hall–Kier alpha value is -1.50. The average molecular weight is 346 g/mol. The summed E-state index contributed by atoms with van der Waals surface area (Å²) in [5.41, 5.74) is 1.36. The van der Waals surface area contributed by atoms with Crippen LogP contribution in [0.1, 0.15) is 22.6 Å². The van der Waals surface area contributed by atoms with Gasteiger partial charge < -0.3 is 19.8 Å². The number of hydrogen-bond donors (Lipinski definition) is 1. The highest BCUT2D eigenvalue weighted by atomic mass is 16.3. The second-order valence-electron chi connectivity index (χ2n) is 7.53. The molecule has 2 fully saturated rings. The molecule has 2 aliphatic heterocycles. The van der Waals surface area contributed by atoms with Crippen LogP contribution in [0, 0.1) is 18.8 Å². The number of amides is 1. The average Bonchev–Trinajstić information content (AvgIpc) is 2.90. The van der Waals surface area contributed by atoms with Crippen LogP contribution >= 0.6 is 0 Å². The van der Waals surface area contributed by atoms with Crippen LogP contribution < -0.4 is 0 Å². The molecule has 0 bridgehead atoms. The summed E-state index contributed by atoms with van der Waals surface area (Å²) in [5, 5.41) is 9.80. The Morgan fingerprint density at radius 2 is 2.00 bits per heavy atom. The summed E-state index contributed by atoms with van der Waals surface area (Å²) in [4.78, 5) is 23.9. The molecular weight excluding hydrogens is 316 g/mol. The van der Waals surface area contributed by atoms with E-state index in [0.717, 1.165) is 38.4 Å². The van der Waals surface area contributed by atoms with E-state index in [4.69, 9.17) is 0 Å². The number of aliphatic hydroxyl groups excluding tert-OH is 1. The van der Waals surface area contributed by atoms with Gasteiger partial charge in [0.2, 0.25) is 0 Å². The first-order valence-electron chi connectivity index (χ1n) is 9.31. The highest BCUT2D eigenvalue weighted by Gasteiger charge is 2.36. The Bertz CT molecular complexity index is 595. The minimum Gasteiger partial charge on any atom is -0.396 e. The van der Waals surface area contributed by atoms with E-state index in [2.05, 4.69) is 21.8 Å². The molecule has 25 heavy (non-hydrogen) atoms. The quantitative estimate of drug-likeness (QED) is 0.870. The first-order chi connectivity index (χ1) is 12.1. The number of carbonyl (C=O) groups excluding carboxylic acids is 1. The van der Waals surface area contributed by atoms with E-state index >= 15 is 0 Å².